The molecule has 2 aromatic heterocycles. The molecule has 90 valence electrons. The number of hydrogen-bond acceptors (Lipinski definition) is 4. The molecule has 0 spiro atoms. The number of aromatic amines is 1. The molecule has 0 saturated carbocycles. The van der Waals surface area contributed by atoms with Gasteiger partial charge in [-0.15, -0.1) is 22.9 Å². The maximum Gasteiger partial charge on any atom is 0.259 e. The molecular weight excluding hydrogens is 262 g/mol. The van der Waals surface area contributed by atoms with Crippen LogP contribution in [-0.2, 0) is 0 Å². The topological polar surface area (TPSA) is 88.8 Å². The monoisotopic (exact) mass is 271 g/mol. The molecule has 0 bridgehead atoms. The van der Waals surface area contributed by atoms with Gasteiger partial charge in [0.15, 0.2) is 0 Å². The number of halogens is 1. The minimum absolute atomic E-state index is 0.293. The van der Waals surface area contributed by atoms with Crippen molar-refractivity contribution in [2.24, 2.45) is 5.73 Å². The van der Waals surface area contributed by atoms with Crippen molar-refractivity contribution in [2.75, 3.05) is 0 Å². The molecule has 0 fully saturated rings. The second-order valence-corrected chi connectivity index (χ2v) is 5.32. The zero-order valence-corrected chi connectivity index (χ0v) is 10.8. The average molecular weight is 272 g/mol. The standard InChI is InChI=1S/C10H10ClN3O2S/c1-3-5-9(16)13-8(4(2)11)14-10(5)17-6(3)7(12)15/h4H,1-2H3,(H2,12,15)(H,13,14,16). The number of rotatable bonds is 2. The van der Waals surface area contributed by atoms with E-state index in [4.69, 9.17) is 17.3 Å². The molecule has 7 heteroatoms. The minimum Gasteiger partial charge on any atom is -0.365 e. The number of carbonyl (C=O) groups excluding carboxylic acids is 1. The highest BCUT2D eigenvalue weighted by molar-refractivity contribution is 7.20. The molecule has 0 saturated heterocycles. The summed E-state index contributed by atoms with van der Waals surface area (Å²) in [5, 5.41) is 0.0106. The summed E-state index contributed by atoms with van der Waals surface area (Å²) in [6.07, 6.45) is 0. The fourth-order valence-corrected chi connectivity index (χ4v) is 2.73. The molecule has 1 amide bonds. The summed E-state index contributed by atoms with van der Waals surface area (Å²) in [7, 11) is 0. The Morgan fingerprint density at radius 2 is 2.24 bits per heavy atom. The van der Waals surface area contributed by atoms with Crippen LogP contribution >= 0.6 is 22.9 Å². The number of carbonyl (C=O) groups is 1. The van der Waals surface area contributed by atoms with Gasteiger partial charge >= 0.3 is 0 Å². The van der Waals surface area contributed by atoms with Gasteiger partial charge in [0.25, 0.3) is 11.5 Å². The molecule has 2 aromatic rings. The second-order valence-electron chi connectivity index (χ2n) is 3.67. The van der Waals surface area contributed by atoms with Crippen LogP contribution in [0, 0.1) is 6.92 Å². The van der Waals surface area contributed by atoms with Crippen LogP contribution in [0.1, 0.15) is 33.4 Å². The van der Waals surface area contributed by atoms with Crippen LogP contribution in [0.3, 0.4) is 0 Å². The summed E-state index contributed by atoms with van der Waals surface area (Å²) < 4.78 is 0. The Morgan fingerprint density at radius 3 is 2.76 bits per heavy atom. The van der Waals surface area contributed by atoms with Crippen LogP contribution in [0.5, 0.6) is 0 Å². The van der Waals surface area contributed by atoms with E-state index in [1.807, 2.05) is 0 Å². The van der Waals surface area contributed by atoms with Gasteiger partial charge in [-0.05, 0) is 19.4 Å². The summed E-state index contributed by atoms with van der Waals surface area (Å²) in [6, 6.07) is 0. The smallest absolute Gasteiger partial charge is 0.259 e. The van der Waals surface area contributed by atoms with Crippen molar-refractivity contribution in [2.45, 2.75) is 19.2 Å². The Balaban J connectivity index is 2.83. The van der Waals surface area contributed by atoms with Gasteiger partial charge in [-0.3, -0.25) is 9.59 Å². The fourth-order valence-electron chi connectivity index (χ4n) is 1.58. The Bertz CT molecular complexity index is 659. The lowest BCUT2D eigenvalue weighted by molar-refractivity contribution is 0.100. The molecule has 2 heterocycles. The number of nitrogens with two attached hydrogens (primary N) is 1. The van der Waals surface area contributed by atoms with E-state index >= 15 is 0 Å². The van der Waals surface area contributed by atoms with Gasteiger partial charge < -0.3 is 10.7 Å². The summed E-state index contributed by atoms with van der Waals surface area (Å²) in [5.74, 6) is -0.160. The van der Waals surface area contributed by atoms with Crippen molar-refractivity contribution in [3.63, 3.8) is 0 Å². The highest BCUT2D eigenvalue weighted by Gasteiger charge is 2.18. The Labute approximate surface area is 106 Å². The number of alkyl halides is 1. The summed E-state index contributed by atoms with van der Waals surface area (Å²) >= 11 is 6.98. The Morgan fingerprint density at radius 1 is 1.59 bits per heavy atom. The molecular formula is C10H10ClN3O2S. The Hall–Kier alpha value is -1.40. The molecule has 2 rings (SSSR count). The third-order valence-corrected chi connectivity index (χ3v) is 3.83. The number of nitrogens with one attached hydrogen (secondary N) is 1. The van der Waals surface area contributed by atoms with Crippen LogP contribution in [0.2, 0.25) is 0 Å². The van der Waals surface area contributed by atoms with Gasteiger partial charge in [-0.25, -0.2) is 4.98 Å². The van der Waals surface area contributed by atoms with Crippen LogP contribution in [0.15, 0.2) is 4.79 Å². The van der Waals surface area contributed by atoms with Crippen LogP contribution in [0.4, 0.5) is 0 Å². The third kappa shape index (κ3) is 1.94. The largest absolute Gasteiger partial charge is 0.365 e. The molecule has 1 unspecified atom stereocenters. The quantitative estimate of drug-likeness (QED) is 0.815. The normalized spacial score (nSPS) is 12.9. The second kappa shape index (κ2) is 4.12. The zero-order chi connectivity index (χ0) is 12.7. The molecule has 0 aliphatic rings. The highest BCUT2D eigenvalue weighted by atomic mass is 35.5. The molecule has 5 nitrogen and oxygen atoms in total. The number of aryl methyl sites for hydroxylation is 1. The predicted molar refractivity (Wildman–Crippen MR) is 67.8 cm³/mol. The number of H-pyrrole nitrogens is 1. The molecule has 1 atom stereocenters. The van der Waals surface area contributed by atoms with Crippen molar-refractivity contribution in [1.29, 1.82) is 0 Å². The SMILES string of the molecule is Cc1c(C(N)=O)sc2nc(C(C)Cl)[nH]c(=O)c12. The van der Waals surface area contributed by atoms with Crippen LogP contribution in [-0.4, -0.2) is 15.9 Å². The van der Waals surface area contributed by atoms with Crippen LogP contribution in [0.25, 0.3) is 10.2 Å². The van der Waals surface area contributed by atoms with Gasteiger partial charge in [-0.1, -0.05) is 0 Å². The van der Waals surface area contributed by atoms with Crippen molar-refractivity contribution in [1.82, 2.24) is 9.97 Å². The lowest BCUT2D eigenvalue weighted by Crippen LogP contribution is -2.13. The number of aromatic nitrogens is 2. The molecule has 3 N–H and O–H groups in total. The average Bonchev–Trinajstić information content (AvgIpc) is 2.56. The first-order valence-corrected chi connectivity index (χ1v) is 6.14. The van der Waals surface area contributed by atoms with Gasteiger partial charge in [0, 0.05) is 0 Å². The van der Waals surface area contributed by atoms with E-state index in [9.17, 15) is 9.59 Å². The van der Waals surface area contributed by atoms with Gasteiger partial charge in [-0.2, -0.15) is 0 Å². The van der Waals surface area contributed by atoms with E-state index in [1.54, 1.807) is 13.8 Å². The van der Waals surface area contributed by atoms with Crippen molar-refractivity contribution in [3.05, 3.63) is 26.6 Å². The molecule has 0 radical (unpaired) electrons. The van der Waals surface area contributed by atoms with E-state index < -0.39 is 11.3 Å². The number of amides is 1. The highest BCUT2D eigenvalue weighted by Crippen LogP contribution is 2.27. The van der Waals surface area contributed by atoms with Crippen molar-refractivity contribution in [3.8, 4) is 0 Å². The Kier molecular flexibility index (Phi) is 2.92. The number of nitrogens with zero attached hydrogens (tertiary/aromatic N) is 1. The molecule has 17 heavy (non-hydrogen) atoms. The number of thiophene rings is 1. The van der Waals surface area contributed by atoms with Crippen LogP contribution < -0.4 is 11.3 Å². The van der Waals surface area contributed by atoms with Crippen molar-refractivity contribution >= 4 is 39.1 Å². The molecule has 0 aromatic carbocycles. The molecule has 0 aliphatic carbocycles. The number of hydrogen-bond donors (Lipinski definition) is 2. The lowest BCUT2D eigenvalue weighted by atomic mass is 10.2. The molecule has 0 aliphatic heterocycles. The summed E-state index contributed by atoms with van der Waals surface area (Å²) in [6.45, 7) is 3.39. The number of primary amides is 1. The maximum absolute atomic E-state index is 11.9. The zero-order valence-electron chi connectivity index (χ0n) is 9.20. The van der Waals surface area contributed by atoms with E-state index in [0.717, 1.165) is 11.3 Å². The first kappa shape index (κ1) is 12.1. The van der Waals surface area contributed by atoms with Gasteiger partial charge in [0.2, 0.25) is 0 Å². The van der Waals surface area contributed by atoms with E-state index in [0.29, 0.717) is 26.5 Å². The minimum atomic E-state index is -0.551. The first-order chi connectivity index (χ1) is 7.91. The fraction of sp³-hybridized carbons (Fsp3) is 0.300. The van der Waals surface area contributed by atoms with Gasteiger partial charge in [0.1, 0.15) is 10.7 Å². The lowest BCUT2D eigenvalue weighted by Gasteiger charge is -2.01. The number of fused-ring (bicyclic) bond motifs is 1. The van der Waals surface area contributed by atoms with Gasteiger partial charge in [0.05, 0.1) is 15.6 Å². The van der Waals surface area contributed by atoms with E-state index in [1.165, 1.54) is 0 Å². The maximum atomic E-state index is 11.9. The first-order valence-electron chi connectivity index (χ1n) is 4.89. The summed E-state index contributed by atoms with van der Waals surface area (Å²) in [5.41, 5.74) is 5.51. The van der Waals surface area contributed by atoms with E-state index in [-0.39, 0.29) is 5.56 Å². The third-order valence-electron chi connectivity index (χ3n) is 2.42. The van der Waals surface area contributed by atoms with Crippen molar-refractivity contribution < 1.29 is 4.79 Å². The van der Waals surface area contributed by atoms with E-state index in [2.05, 4.69) is 9.97 Å². The predicted octanol–water partition coefficient (Wildman–Crippen LogP) is 1.69. The summed E-state index contributed by atoms with van der Waals surface area (Å²) in [4.78, 5) is 30.7.